The van der Waals surface area contributed by atoms with Gasteiger partial charge in [-0.3, -0.25) is 28.9 Å². The minimum atomic E-state index is -1.30. The number of phenols is 1. The van der Waals surface area contributed by atoms with Gasteiger partial charge >= 0.3 is 5.97 Å². The SMILES string of the molecule is CCC(=O)N(CC1CCCCN1Cc1ccc2c(c1)CCC[C@H]2NCCC(=O)N[C@@H](Cc1ccccc1)C(=O)NCC(=O)N[C@H](C)C(=O)N[C@@H](Cc1c(C)cc(O)cc1C)C(=O)O)c1ccccc1. The molecule has 15 heteroatoms. The number of aryl methyl sites for hydroxylation is 3. The smallest absolute Gasteiger partial charge is 0.326 e. The zero-order valence-electron chi connectivity index (χ0n) is 40.4. The summed E-state index contributed by atoms with van der Waals surface area (Å²) in [4.78, 5) is 82.6. The highest BCUT2D eigenvalue weighted by atomic mass is 16.4. The van der Waals surface area contributed by atoms with Crippen LogP contribution in [0.4, 0.5) is 5.69 Å². The van der Waals surface area contributed by atoms with Crippen LogP contribution in [0.1, 0.15) is 104 Å². The largest absolute Gasteiger partial charge is 0.508 e. The van der Waals surface area contributed by atoms with Crippen molar-refractivity contribution in [2.75, 3.05) is 31.1 Å². The van der Waals surface area contributed by atoms with Crippen molar-refractivity contribution < 1.29 is 39.0 Å². The number of benzene rings is 4. The Balaban J connectivity index is 0.993. The highest BCUT2D eigenvalue weighted by molar-refractivity contribution is 5.94. The van der Waals surface area contributed by atoms with Gasteiger partial charge in [-0.2, -0.15) is 0 Å². The lowest BCUT2D eigenvalue weighted by Crippen LogP contribution is -2.54. The number of rotatable bonds is 22. The zero-order valence-corrected chi connectivity index (χ0v) is 40.4. The van der Waals surface area contributed by atoms with Crippen molar-refractivity contribution >= 4 is 41.2 Å². The van der Waals surface area contributed by atoms with Gasteiger partial charge < -0.3 is 41.7 Å². The molecule has 1 saturated heterocycles. The standard InChI is InChI=1S/C54H69N7O8/c1-5-51(65)61(41-18-10-7-11-19-41)34-42-20-12-13-26-60(42)33-39-22-23-44-40(29-39)17-14-21-46(44)55-25-24-49(63)58-47(30-38-15-8-6-9-16-38)53(67)56-32-50(64)57-37(4)52(66)59-48(54(68)69)31-45-35(2)27-43(62)28-36(45)3/h6-11,15-16,18-19,22-23,27-29,37,42,46-48,55,62H,5,12-14,17,20-21,24-26,30-34H2,1-4H3,(H,56,67)(H,57,64)(H,58,63)(H,59,66)(H,68,69)/t37-,42?,46-,47+,48+/m1/s1. The monoisotopic (exact) mass is 944 g/mol. The first-order chi connectivity index (χ1) is 33.2. The van der Waals surface area contributed by atoms with E-state index in [1.54, 1.807) is 13.8 Å². The van der Waals surface area contributed by atoms with E-state index in [4.69, 9.17) is 0 Å². The highest BCUT2D eigenvalue weighted by Crippen LogP contribution is 2.32. The number of carboxylic acid groups (broad SMARTS) is 1. The quantitative estimate of drug-likeness (QED) is 0.0539. The van der Waals surface area contributed by atoms with Gasteiger partial charge in [-0.25, -0.2) is 4.79 Å². The third kappa shape index (κ3) is 15.0. The summed E-state index contributed by atoms with van der Waals surface area (Å²) in [6.07, 6.45) is 6.98. The van der Waals surface area contributed by atoms with Crippen LogP contribution in [0.5, 0.6) is 5.75 Å². The molecule has 0 bridgehead atoms. The van der Waals surface area contributed by atoms with Crippen molar-refractivity contribution in [3.8, 4) is 5.75 Å². The average molecular weight is 944 g/mol. The molecular weight excluding hydrogens is 875 g/mol. The fourth-order valence-electron chi connectivity index (χ4n) is 9.58. The number of anilines is 1. The number of carboxylic acids is 1. The second-order valence-electron chi connectivity index (χ2n) is 18.5. The molecular formula is C54H69N7O8. The lowest BCUT2D eigenvalue weighted by atomic mass is 9.86. The van der Waals surface area contributed by atoms with E-state index in [9.17, 15) is 39.0 Å². The first kappa shape index (κ1) is 51.8. The highest BCUT2D eigenvalue weighted by Gasteiger charge is 2.30. The normalized spacial score (nSPS) is 17.0. The first-order valence-electron chi connectivity index (χ1n) is 24.4. The Morgan fingerprint density at radius 3 is 2.17 bits per heavy atom. The third-order valence-corrected chi connectivity index (χ3v) is 13.3. The minimum absolute atomic E-state index is 0.0307. The fraction of sp³-hybridized carbons (Fsp3) is 0.444. The van der Waals surface area contributed by atoms with Gasteiger partial charge in [0.25, 0.3) is 0 Å². The number of phenolic OH excluding ortho intramolecular Hbond substituents is 1. The summed E-state index contributed by atoms with van der Waals surface area (Å²) in [7, 11) is 0. The van der Waals surface area contributed by atoms with Gasteiger partial charge in [0.05, 0.1) is 6.54 Å². The van der Waals surface area contributed by atoms with Crippen molar-refractivity contribution in [1.82, 2.24) is 31.5 Å². The van der Waals surface area contributed by atoms with E-state index in [1.165, 1.54) is 35.7 Å². The summed E-state index contributed by atoms with van der Waals surface area (Å²) in [5, 5.41) is 33.8. The molecule has 2 aliphatic rings. The molecule has 1 aliphatic heterocycles. The topological polar surface area (TPSA) is 210 Å². The molecule has 0 radical (unpaired) electrons. The van der Waals surface area contributed by atoms with Crippen LogP contribution in [0.3, 0.4) is 0 Å². The van der Waals surface area contributed by atoms with Crippen molar-refractivity contribution in [3.05, 3.63) is 130 Å². The molecule has 1 unspecified atom stereocenters. The number of amides is 5. The van der Waals surface area contributed by atoms with Gasteiger partial charge in [0.15, 0.2) is 0 Å². The summed E-state index contributed by atoms with van der Waals surface area (Å²) in [6, 6.07) is 25.9. The fourth-order valence-corrected chi connectivity index (χ4v) is 9.58. The second-order valence-corrected chi connectivity index (χ2v) is 18.5. The number of aromatic hydroxyl groups is 1. The maximum absolute atomic E-state index is 13.6. The Kier molecular flexibility index (Phi) is 18.9. The summed E-state index contributed by atoms with van der Waals surface area (Å²) < 4.78 is 0. The molecule has 1 fully saturated rings. The molecule has 4 aromatic carbocycles. The summed E-state index contributed by atoms with van der Waals surface area (Å²) in [5.41, 5.74) is 7.58. The lowest BCUT2D eigenvalue weighted by molar-refractivity contribution is -0.142. The molecule has 7 N–H and O–H groups in total. The summed E-state index contributed by atoms with van der Waals surface area (Å²) in [5.74, 6) is -3.38. The molecule has 1 heterocycles. The van der Waals surface area contributed by atoms with Crippen LogP contribution >= 0.6 is 0 Å². The van der Waals surface area contributed by atoms with Crippen LogP contribution < -0.4 is 31.5 Å². The summed E-state index contributed by atoms with van der Waals surface area (Å²) in [6.45, 7) is 9.19. The van der Waals surface area contributed by atoms with Gasteiger partial charge in [0.2, 0.25) is 29.5 Å². The van der Waals surface area contributed by atoms with Crippen LogP contribution in [-0.2, 0) is 54.6 Å². The van der Waals surface area contributed by atoms with E-state index in [-0.39, 0.29) is 48.9 Å². The second kappa shape index (κ2) is 25.2. The molecule has 0 saturated carbocycles. The number of nitrogens with one attached hydrogen (secondary N) is 5. The molecule has 4 aromatic rings. The van der Waals surface area contributed by atoms with E-state index in [0.717, 1.165) is 62.9 Å². The van der Waals surface area contributed by atoms with Crippen LogP contribution in [0.2, 0.25) is 0 Å². The Hall–Kier alpha value is -6.58. The molecule has 368 valence electrons. The number of carbonyl (C=O) groups excluding carboxylic acids is 5. The number of aliphatic carboxylic acids is 1. The van der Waals surface area contributed by atoms with Gasteiger partial charge in [-0.15, -0.1) is 0 Å². The Bertz CT molecular complexity index is 2390. The van der Waals surface area contributed by atoms with Crippen molar-refractivity contribution in [2.45, 2.75) is 129 Å². The maximum Gasteiger partial charge on any atom is 0.326 e. The number of para-hydroxylation sites is 1. The van der Waals surface area contributed by atoms with Crippen molar-refractivity contribution in [1.29, 1.82) is 0 Å². The number of fused-ring (bicyclic) bond motifs is 1. The predicted octanol–water partition coefficient (Wildman–Crippen LogP) is 5.32. The molecule has 69 heavy (non-hydrogen) atoms. The van der Waals surface area contributed by atoms with Crippen molar-refractivity contribution in [3.63, 3.8) is 0 Å². The molecule has 1 aliphatic carbocycles. The first-order valence-corrected chi connectivity index (χ1v) is 24.4. The van der Waals surface area contributed by atoms with E-state index in [0.29, 0.717) is 36.2 Å². The molecule has 5 atom stereocenters. The van der Waals surface area contributed by atoms with Crippen LogP contribution in [0.25, 0.3) is 0 Å². The van der Waals surface area contributed by atoms with Crippen LogP contribution in [0, 0.1) is 13.8 Å². The maximum atomic E-state index is 13.6. The predicted molar refractivity (Wildman–Crippen MR) is 265 cm³/mol. The van der Waals surface area contributed by atoms with E-state index < -0.39 is 48.4 Å². The van der Waals surface area contributed by atoms with E-state index in [2.05, 4.69) is 49.7 Å². The number of piperidine rings is 1. The average Bonchev–Trinajstić information content (AvgIpc) is 3.33. The molecule has 6 rings (SSSR count). The number of hydrogen-bond donors (Lipinski definition) is 7. The van der Waals surface area contributed by atoms with Gasteiger partial charge in [0, 0.05) is 63.1 Å². The Morgan fingerprint density at radius 2 is 1.48 bits per heavy atom. The Labute approximate surface area is 405 Å². The zero-order chi connectivity index (χ0) is 49.5. The van der Waals surface area contributed by atoms with Gasteiger partial charge in [-0.05, 0) is 123 Å². The number of carbonyl (C=O) groups is 6. The third-order valence-electron chi connectivity index (χ3n) is 13.3. The van der Waals surface area contributed by atoms with E-state index >= 15 is 0 Å². The number of hydrogen-bond acceptors (Lipinski definition) is 9. The number of nitrogens with zero attached hydrogens (tertiary/aromatic N) is 2. The molecule has 0 aromatic heterocycles. The number of likely N-dealkylation sites (tertiary alicyclic amines) is 1. The van der Waals surface area contributed by atoms with Gasteiger partial charge in [-0.1, -0.05) is 80.1 Å². The molecule has 0 spiro atoms. The minimum Gasteiger partial charge on any atom is -0.508 e. The summed E-state index contributed by atoms with van der Waals surface area (Å²) >= 11 is 0. The van der Waals surface area contributed by atoms with E-state index in [1.807, 2.05) is 72.5 Å². The molecule has 15 nitrogen and oxygen atoms in total. The molecule has 5 amide bonds. The van der Waals surface area contributed by atoms with Crippen molar-refractivity contribution in [2.24, 2.45) is 0 Å². The van der Waals surface area contributed by atoms with Gasteiger partial charge in [0.1, 0.15) is 23.9 Å². The van der Waals surface area contributed by atoms with Crippen LogP contribution in [-0.4, -0.2) is 101 Å². The Morgan fingerprint density at radius 1 is 0.768 bits per heavy atom. The lowest BCUT2D eigenvalue weighted by Gasteiger charge is -2.39. The van der Waals surface area contributed by atoms with Crippen LogP contribution in [0.15, 0.2) is 91.0 Å².